The predicted molar refractivity (Wildman–Crippen MR) is 97.1 cm³/mol. The van der Waals surface area contributed by atoms with Crippen molar-refractivity contribution >= 4 is 17.7 Å². The van der Waals surface area contributed by atoms with Gasteiger partial charge in [0.25, 0.3) is 0 Å². The van der Waals surface area contributed by atoms with E-state index in [0.717, 1.165) is 25.7 Å². The van der Waals surface area contributed by atoms with Gasteiger partial charge in [-0.2, -0.15) is 0 Å². The molecule has 2 N–H and O–H groups in total. The molecule has 1 saturated carbocycles. The summed E-state index contributed by atoms with van der Waals surface area (Å²) < 4.78 is 6.13. The lowest BCUT2D eigenvalue weighted by atomic mass is 9.74. The van der Waals surface area contributed by atoms with Crippen LogP contribution in [-0.2, 0) is 19.1 Å². The average molecular weight is 371 g/mol. The monoisotopic (exact) mass is 371 g/mol. The Balaban J connectivity index is 1.66. The Kier molecular flexibility index (Phi) is 4.47. The van der Waals surface area contributed by atoms with Gasteiger partial charge in [0.2, 0.25) is 17.7 Å². The van der Waals surface area contributed by atoms with Crippen molar-refractivity contribution in [1.29, 1.82) is 0 Å². The fraction of sp³-hybridized carbons (Fsp3) is 0.650. The molecular weight excluding hydrogens is 346 g/mol. The zero-order valence-corrected chi connectivity index (χ0v) is 15.4. The van der Waals surface area contributed by atoms with E-state index in [9.17, 15) is 14.4 Å². The quantitative estimate of drug-likeness (QED) is 0.536. The van der Waals surface area contributed by atoms with E-state index >= 15 is 0 Å². The minimum absolute atomic E-state index is 0.0160. The molecule has 2 saturated heterocycles. The maximum atomic E-state index is 13.2. The van der Waals surface area contributed by atoms with Crippen LogP contribution in [0.1, 0.15) is 32.1 Å². The Morgan fingerprint density at radius 2 is 2.07 bits per heavy atom. The van der Waals surface area contributed by atoms with Gasteiger partial charge >= 0.3 is 0 Å². The summed E-state index contributed by atoms with van der Waals surface area (Å²) >= 11 is 0. The van der Waals surface area contributed by atoms with Crippen molar-refractivity contribution in [1.82, 2.24) is 15.5 Å². The molecule has 0 aromatic heterocycles. The molecule has 0 aromatic carbocycles. The first kappa shape index (κ1) is 18.1. The Morgan fingerprint density at radius 1 is 1.33 bits per heavy atom. The SMILES string of the molecule is C#CCN1C(=O)[C@@H]2[C@@H](C(=O)NC)[C@H]3C=C[C@@]2(O3)[C@@H]1C(=O)NC1CCCCC1. The number of nitrogens with one attached hydrogen (secondary N) is 2. The van der Waals surface area contributed by atoms with Crippen LogP contribution in [-0.4, -0.2) is 60.0 Å². The number of carbonyl (C=O) groups excluding carboxylic acids is 3. The molecule has 3 amide bonds. The van der Waals surface area contributed by atoms with Gasteiger partial charge in [0, 0.05) is 13.1 Å². The van der Waals surface area contributed by atoms with Crippen LogP contribution < -0.4 is 10.6 Å². The standard InChI is InChI=1S/C20H25N3O4/c1-3-11-23-16(18(25)22-12-7-5-4-6-8-12)20-10-9-13(27-20)14(17(24)21-2)15(20)19(23)26/h1,9-10,12-16H,4-8,11H2,2H3,(H,21,24)(H,22,25)/t13-,14+,15+,16+,20+/m1/s1. The van der Waals surface area contributed by atoms with E-state index in [1.54, 1.807) is 12.2 Å². The van der Waals surface area contributed by atoms with Crippen LogP contribution >= 0.6 is 0 Å². The van der Waals surface area contributed by atoms with Gasteiger partial charge in [-0.3, -0.25) is 14.4 Å². The highest BCUT2D eigenvalue weighted by atomic mass is 16.5. The Morgan fingerprint density at radius 3 is 2.74 bits per heavy atom. The van der Waals surface area contributed by atoms with Crippen molar-refractivity contribution in [3.63, 3.8) is 0 Å². The van der Waals surface area contributed by atoms with Gasteiger partial charge in [-0.1, -0.05) is 37.3 Å². The zero-order chi connectivity index (χ0) is 19.2. The van der Waals surface area contributed by atoms with Crippen molar-refractivity contribution < 1.29 is 19.1 Å². The molecule has 4 rings (SSSR count). The van der Waals surface area contributed by atoms with Gasteiger partial charge < -0.3 is 20.3 Å². The van der Waals surface area contributed by atoms with E-state index in [1.165, 1.54) is 18.4 Å². The molecule has 4 aliphatic rings. The molecule has 0 unspecified atom stereocenters. The highest BCUT2D eigenvalue weighted by Crippen LogP contribution is 2.54. The topological polar surface area (TPSA) is 87.7 Å². The van der Waals surface area contributed by atoms with Crippen LogP contribution in [0, 0.1) is 24.2 Å². The number of hydrogen-bond acceptors (Lipinski definition) is 4. The molecule has 3 aliphatic heterocycles. The zero-order valence-electron chi connectivity index (χ0n) is 15.4. The third kappa shape index (κ3) is 2.58. The first-order chi connectivity index (χ1) is 13.0. The summed E-state index contributed by atoms with van der Waals surface area (Å²) in [4.78, 5) is 40.2. The molecular formula is C20H25N3O4. The van der Waals surface area contributed by atoms with Gasteiger partial charge in [-0.05, 0) is 12.8 Å². The second kappa shape index (κ2) is 6.68. The van der Waals surface area contributed by atoms with E-state index in [-0.39, 0.29) is 30.3 Å². The van der Waals surface area contributed by atoms with Crippen LogP contribution in [0.3, 0.4) is 0 Å². The number of amides is 3. The van der Waals surface area contributed by atoms with Gasteiger partial charge in [-0.25, -0.2) is 0 Å². The molecule has 7 heteroatoms. The van der Waals surface area contributed by atoms with Crippen LogP contribution in [0.2, 0.25) is 0 Å². The first-order valence-electron chi connectivity index (χ1n) is 9.66. The lowest BCUT2D eigenvalue weighted by molar-refractivity contribution is -0.141. The summed E-state index contributed by atoms with van der Waals surface area (Å²) in [5.41, 5.74) is -1.12. The number of rotatable bonds is 4. The number of fused-ring (bicyclic) bond motifs is 1. The summed E-state index contributed by atoms with van der Waals surface area (Å²) in [7, 11) is 1.54. The van der Waals surface area contributed by atoms with E-state index < -0.39 is 29.6 Å². The minimum Gasteiger partial charge on any atom is -0.359 e. The van der Waals surface area contributed by atoms with Crippen molar-refractivity contribution in [3.05, 3.63) is 12.2 Å². The van der Waals surface area contributed by atoms with Crippen molar-refractivity contribution in [2.75, 3.05) is 13.6 Å². The van der Waals surface area contributed by atoms with Crippen molar-refractivity contribution in [2.45, 2.75) is 55.9 Å². The minimum atomic E-state index is -1.12. The van der Waals surface area contributed by atoms with Gasteiger partial charge in [0.05, 0.1) is 24.5 Å². The molecule has 5 atom stereocenters. The number of nitrogens with zero attached hydrogens (tertiary/aromatic N) is 1. The third-order valence-corrected chi connectivity index (χ3v) is 6.38. The maximum absolute atomic E-state index is 13.2. The summed E-state index contributed by atoms with van der Waals surface area (Å²) in [5.74, 6) is 0.346. The van der Waals surface area contributed by atoms with E-state index in [1.807, 2.05) is 0 Å². The Bertz CT molecular complexity index is 736. The second-order valence-electron chi connectivity index (χ2n) is 7.83. The highest BCUT2D eigenvalue weighted by molar-refractivity contribution is 6.00. The normalized spacial score (nSPS) is 37.2. The van der Waals surface area contributed by atoms with Crippen LogP contribution in [0.25, 0.3) is 0 Å². The molecule has 3 heterocycles. The molecule has 3 fully saturated rings. The first-order valence-corrected chi connectivity index (χ1v) is 9.66. The molecule has 1 spiro atoms. The van der Waals surface area contributed by atoms with Gasteiger partial charge in [0.15, 0.2) is 0 Å². The molecule has 0 aromatic rings. The Hall–Kier alpha value is -2.33. The Labute approximate surface area is 158 Å². The number of terminal acetylenes is 1. The number of hydrogen-bond donors (Lipinski definition) is 2. The average Bonchev–Trinajstić information content (AvgIpc) is 3.30. The summed E-state index contributed by atoms with van der Waals surface area (Å²) in [6.07, 6.45) is 13.8. The summed E-state index contributed by atoms with van der Waals surface area (Å²) in [6.45, 7) is 0.0160. The smallest absolute Gasteiger partial charge is 0.246 e. The number of ether oxygens (including phenoxy) is 1. The fourth-order valence-electron chi connectivity index (χ4n) is 5.23. The fourth-order valence-corrected chi connectivity index (χ4v) is 5.23. The number of carbonyl (C=O) groups is 3. The molecule has 1 aliphatic carbocycles. The van der Waals surface area contributed by atoms with E-state index in [2.05, 4.69) is 16.6 Å². The molecule has 0 radical (unpaired) electrons. The van der Waals surface area contributed by atoms with Crippen LogP contribution in [0.5, 0.6) is 0 Å². The van der Waals surface area contributed by atoms with Crippen LogP contribution in [0.15, 0.2) is 12.2 Å². The van der Waals surface area contributed by atoms with Crippen molar-refractivity contribution in [3.8, 4) is 12.3 Å². The van der Waals surface area contributed by atoms with Gasteiger partial charge in [-0.15, -0.1) is 6.42 Å². The van der Waals surface area contributed by atoms with E-state index in [0.29, 0.717) is 0 Å². The maximum Gasteiger partial charge on any atom is 0.246 e. The molecule has 7 nitrogen and oxygen atoms in total. The summed E-state index contributed by atoms with van der Waals surface area (Å²) in [6, 6.07) is -0.731. The van der Waals surface area contributed by atoms with Gasteiger partial charge in [0.1, 0.15) is 11.6 Å². The second-order valence-corrected chi connectivity index (χ2v) is 7.83. The van der Waals surface area contributed by atoms with Crippen molar-refractivity contribution in [2.24, 2.45) is 11.8 Å². The highest BCUT2D eigenvalue weighted by Gasteiger charge is 2.72. The third-order valence-electron chi connectivity index (χ3n) is 6.38. The summed E-state index contributed by atoms with van der Waals surface area (Å²) in [5, 5.41) is 5.72. The van der Waals surface area contributed by atoms with E-state index in [4.69, 9.17) is 11.2 Å². The number of likely N-dealkylation sites (tertiary alicyclic amines) is 1. The molecule has 144 valence electrons. The predicted octanol–water partition coefficient (Wildman–Crippen LogP) is -0.0349. The lowest BCUT2D eigenvalue weighted by Gasteiger charge is -2.33. The molecule has 2 bridgehead atoms. The van der Waals surface area contributed by atoms with Crippen LogP contribution in [0.4, 0.5) is 0 Å². The lowest BCUT2D eigenvalue weighted by Crippen LogP contribution is -2.56. The largest absolute Gasteiger partial charge is 0.359 e. The molecule has 27 heavy (non-hydrogen) atoms.